The number of hydrogen-bond donors (Lipinski definition) is 0. The number of rotatable bonds is 2. The predicted octanol–water partition coefficient (Wildman–Crippen LogP) is 2.17. The highest BCUT2D eigenvalue weighted by molar-refractivity contribution is 5.86. The minimum atomic E-state index is -4.49. The van der Waals surface area contributed by atoms with Crippen molar-refractivity contribution in [2.75, 3.05) is 50.8 Å². The van der Waals surface area contributed by atoms with Crippen molar-refractivity contribution < 1.29 is 32.2 Å². The second-order valence-electron chi connectivity index (χ2n) is 9.03. The van der Waals surface area contributed by atoms with Crippen LogP contribution in [0.1, 0.15) is 33.3 Å². The fraction of sp³-hybridized carbons (Fsp3) is 0.700. The van der Waals surface area contributed by atoms with Gasteiger partial charge in [-0.05, 0) is 27.7 Å². The number of amides is 2. The molecule has 1 unspecified atom stereocenters. The zero-order valence-electron chi connectivity index (χ0n) is 18.6. The molecule has 3 rings (SSSR count). The second kappa shape index (κ2) is 8.72. The molecule has 2 amide bonds. The van der Waals surface area contributed by atoms with E-state index in [0.29, 0.717) is 32.7 Å². The summed E-state index contributed by atoms with van der Waals surface area (Å²) in [6, 6.07) is 0. The molecule has 2 aliphatic heterocycles. The van der Waals surface area contributed by atoms with Crippen molar-refractivity contribution in [2.24, 2.45) is 0 Å². The van der Waals surface area contributed by atoms with Gasteiger partial charge in [0.25, 0.3) is 5.91 Å². The topological polar surface area (TPSA) is 88.1 Å². The van der Waals surface area contributed by atoms with Gasteiger partial charge in [0.2, 0.25) is 5.95 Å². The average molecular weight is 459 g/mol. The van der Waals surface area contributed by atoms with Gasteiger partial charge in [-0.2, -0.15) is 13.2 Å². The molecule has 1 atom stereocenters. The molecule has 0 spiro atoms. The number of alkyl halides is 3. The normalized spacial score (nSPS) is 22.7. The van der Waals surface area contributed by atoms with Gasteiger partial charge in [0.05, 0.1) is 18.7 Å². The molecular formula is C20H28F3N5O4. The van der Waals surface area contributed by atoms with E-state index >= 15 is 0 Å². The number of aromatic nitrogens is 2. The molecule has 2 aliphatic rings. The zero-order valence-corrected chi connectivity index (χ0v) is 18.6. The Hall–Kier alpha value is -2.63. The van der Waals surface area contributed by atoms with Gasteiger partial charge in [-0.1, -0.05) is 0 Å². The Morgan fingerprint density at radius 3 is 2.16 bits per heavy atom. The monoisotopic (exact) mass is 459 g/mol. The van der Waals surface area contributed by atoms with E-state index in [9.17, 15) is 22.8 Å². The van der Waals surface area contributed by atoms with Gasteiger partial charge in [-0.15, -0.1) is 0 Å². The van der Waals surface area contributed by atoms with E-state index in [0.717, 1.165) is 12.4 Å². The number of piperazine rings is 1. The number of carbonyl (C=O) groups is 2. The molecule has 0 radical (unpaired) electrons. The first-order chi connectivity index (χ1) is 14.8. The van der Waals surface area contributed by atoms with Gasteiger partial charge in [-0.3, -0.25) is 4.79 Å². The Morgan fingerprint density at radius 2 is 1.62 bits per heavy atom. The molecule has 0 bridgehead atoms. The lowest BCUT2D eigenvalue weighted by Crippen LogP contribution is -2.62. The minimum Gasteiger partial charge on any atom is -0.444 e. The highest BCUT2D eigenvalue weighted by Crippen LogP contribution is 2.29. The smallest absolute Gasteiger partial charge is 0.419 e. The van der Waals surface area contributed by atoms with Crippen LogP contribution >= 0.6 is 0 Å². The van der Waals surface area contributed by atoms with Crippen molar-refractivity contribution in [3.05, 3.63) is 18.0 Å². The molecule has 1 aromatic rings. The van der Waals surface area contributed by atoms with Crippen molar-refractivity contribution in [3.8, 4) is 0 Å². The van der Waals surface area contributed by atoms with Gasteiger partial charge in [0.15, 0.2) is 5.60 Å². The van der Waals surface area contributed by atoms with Crippen molar-refractivity contribution in [3.63, 3.8) is 0 Å². The van der Waals surface area contributed by atoms with Gasteiger partial charge < -0.3 is 24.2 Å². The second-order valence-corrected chi connectivity index (χ2v) is 9.03. The third kappa shape index (κ3) is 5.59. The van der Waals surface area contributed by atoms with Crippen LogP contribution in [0.4, 0.5) is 23.9 Å². The maximum atomic E-state index is 13.2. The van der Waals surface area contributed by atoms with Crippen LogP contribution in [-0.4, -0.2) is 88.8 Å². The fourth-order valence-electron chi connectivity index (χ4n) is 3.56. The molecule has 32 heavy (non-hydrogen) atoms. The number of morpholine rings is 1. The number of carbonyl (C=O) groups excluding carboxylic acids is 2. The van der Waals surface area contributed by atoms with Crippen molar-refractivity contribution >= 4 is 17.9 Å². The first-order valence-electron chi connectivity index (χ1n) is 10.3. The van der Waals surface area contributed by atoms with Crippen LogP contribution in [0.5, 0.6) is 0 Å². The van der Waals surface area contributed by atoms with Crippen LogP contribution < -0.4 is 4.90 Å². The Morgan fingerprint density at radius 1 is 1.03 bits per heavy atom. The summed E-state index contributed by atoms with van der Waals surface area (Å²) in [5.74, 6) is -0.0694. The number of anilines is 1. The minimum absolute atomic E-state index is 0.0724. The summed E-state index contributed by atoms with van der Waals surface area (Å²) in [6.07, 6.45) is -3.49. The predicted molar refractivity (Wildman–Crippen MR) is 108 cm³/mol. The quantitative estimate of drug-likeness (QED) is 0.670. The molecule has 0 aliphatic carbocycles. The Bertz CT molecular complexity index is 835. The molecule has 2 saturated heterocycles. The molecule has 9 nitrogen and oxygen atoms in total. The largest absolute Gasteiger partial charge is 0.444 e. The Balaban J connectivity index is 1.59. The van der Waals surface area contributed by atoms with Crippen LogP contribution in [0.15, 0.2) is 12.4 Å². The van der Waals surface area contributed by atoms with E-state index in [1.165, 1.54) is 4.90 Å². The first-order valence-corrected chi connectivity index (χ1v) is 10.3. The summed E-state index contributed by atoms with van der Waals surface area (Å²) < 4.78 is 49.2. The Labute approximate surface area is 184 Å². The SMILES string of the molecule is CC(C)(C)OC(=O)N1CCOC(C)(C(=O)N2CCN(c3ncc(C(F)(F)F)cn3)CC2)C1. The molecule has 0 N–H and O–H groups in total. The number of halogens is 3. The number of nitrogens with zero attached hydrogens (tertiary/aromatic N) is 5. The summed E-state index contributed by atoms with van der Waals surface area (Å²) in [7, 11) is 0. The molecule has 0 saturated carbocycles. The summed E-state index contributed by atoms with van der Waals surface area (Å²) in [5, 5.41) is 0. The fourth-order valence-corrected chi connectivity index (χ4v) is 3.56. The van der Waals surface area contributed by atoms with E-state index in [1.807, 2.05) is 0 Å². The molecule has 2 fully saturated rings. The lowest BCUT2D eigenvalue weighted by atomic mass is 10.0. The van der Waals surface area contributed by atoms with E-state index in [-0.39, 0.29) is 25.0 Å². The van der Waals surface area contributed by atoms with Gasteiger partial charge in [0, 0.05) is 45.1 Å². The maximum absolute atomic E-state index is 13.2. The summed E-state index contributed by atoms with van der Waals surface area (Å²) in [5.41, 5.74) is -2.76. The van der Waals surface area contributed by atoms with E-state index in [1.54, 1.807) is 37.5 Å². The van der Waals surface area contributed by atoms with Crippen LogP contribution in [0.3, 0.4) is 0 Å². The summed E-state index contributed by atoms with van der Waals surface area (Å²) in [4.78, 5) is 38.0. The summed E-state index contributed by atoms with van der Waals surface area (Å²) >= 11 is 0. The zero-order chi connectivity index (χ0) is 23.7. The standard InChI is InChI=1S/C20H28F3N5O4/c1-18(2,3)32-17(30)28-9-10-31-19(4,13-28)15(29)26-5-7-27(8-6-26)16-24-11-14(12-25-16)20(21,22)23/h11-12H,5-10,13H2,1-4H3. The van der Waals surface area contributed by atoms with Crippen LogP contribution in [0.2, 0.25) is 0 Å². The van der Waals surface area contributed by atoms with E-state index in [2.05, 4.69) is 9.97 Å². The molecule has 0 aromatic carbocycles. The first kappa shape index (κ1) is 24.0. The molecule has 178 valence electrons. The van der Waals surface area contributed by atoms with Crippen LogP contribution in [0, 0.1) is 0 Å². The van der Waals surface area contributed by atoms with Crippen molar-refractivity contribution in [1.82, 2.24) is 19.8 Å². The molecule has 3 heterocycles. The van der Waals surface area contributed by atoms with E-state index < -0.39 is 29.0 Å². The van der Waals surface area contributed by atoms with E-state index in [4.69, 9.17) is 9.47 Å². The van der Waals surface area contributed by atoms with Crippen molar-refractivity contribution in [1.29, 1.82) is 0 Å². The lowest BCUT2D eigenvalue weighted by Gasteiger charge is -2.43. The highest BCUT2D eigenvalue weighted by atomic mass is 19.4. The summed E-state index contributed by atoms with van der Waals surface area (Å²) in [6.45, 7) is 8.97. The molecule has 1 aromatic heterocycles. The van der Waals surface area contributed by atoms with Crippen LogP contribution in [-0.2, 0) is 20.4 Å². The lowest BCUT2D eigenvalue weighted by molar-refractivity contribution is -0.166. The third-order valence-electron chi connectivity index (χ3n) is 5.19. The number of ether oxygens (including phenoxy) is 2. The molecular weight excluding hydrogens is 431 g/mol. The third-order valence-corrected chi connectivity index (χ3v) is 5.19. The number of hydrogen-bond acceptors (Lipinski definition) is 7. The van der Waals surface area contributed by atoms with Gasteiger partial charge in [0.1, 0.15) is 5.60 Å². The maximum Gasteiger partial charge on any atom is 0.419 e. The van der Waals surface area contributed by atoms with Crippen molar-refractivity contribution in [2.45, 2.75) is 45.1 Å². The van der Waals surface area contributed by atoms with Gasteiger partial charge >= 0.3 is 12.3 Å². The average Bonchev–Trinajstić information content (AvgIpc) is 2.71. The Kier molecular flexibility index (Phi) is 6.55. The molecule has 12 heteroatoms. The highest BCUT2D eigenvalue weighted by Gasteiger charge is 2.44. The van der Waals surface area contributed by atoms with Crippen LogP contribution in [0.25, 0.3) is 0 Å². The van der Waals surface area contributed by atoms with Gasteiger partial charge in [-0.25, -0.2) is 14.8 Å².